The van der Waals surface area contributed by atoms with E-state index in [1.54, 1.807) is 36.4 Å². The minimum atomic E-state index is -4.15. The third-order valence-corrected chi connectivity index (χ3v) is 14.5. The summed E-state index contributed by atoms with van der Waals surface area (Å²) in [5.74, 6) is -2.83. The van der Waals surface area contributed by atoms with E-state index in [0.717, 1.165) is 5.56 Å². The van der Waals surface area contributed by atoms with Gasteiger partial charge in [0.05, 0.1) is 36.4 Å². The van der Waals surface area contributed by atoms with Crippen LogP contribution in [-0.4, -0.2) is 58.6 Å². The molecular weight excluding hydrogens is 574 g/mol. The summed E-state index contributed by atoms with van der Waals surface area (Å²) in [6.07, 6.45) is -1.18. The minimum Gasteiger partial charge on any atom is -0.468 e. The van der Waals surface area contributed by atoms with Gasteiger partial charge in [0.1, 0.15) is 0 Å². The minimum absolute atomic E-state index is 0.0189. The molecule has 1 N–H and O–H groups in total. The first-order valence-corrected chi connectivity index (χ1v) is 18.3. The van der Waals surface area contributed by atoms with Crippen molar-refractivity contribution in [1.29, 1.82) is 0 Å². The summed E-state index contributed by atoms with van der Waals surface area (Å²) in [6.45, 7) is 12.9. The number of aliphatic hydroxyl groups excluding tert-OH is 1. The lowest BCUT2D eigenvalue weighted by Gasteiger charge is -2.36. The van der Waals surface area contributed by atoms with Crippen LogP contribution in [0.3, 0.4) is 0 Å². The molecule has 3 aromatic rings. The Labute approximate surface area is 250 Å². The molecular formula is C31H43NO8SSi. The number of hydrogen-bond donors (Lipinski definition) is 1. The molecule has 0 aliphatic rings. The second kappa shape index (κ2) is 13.1. The molecule has 1 heterocycles. The van der Waals surface area contributed by atoms with Gasteiger partial charge in [0.25, 0.3) is 10.0 Å². The van der Waals surface area contributed by atoms with Gasteiger partial charge in [-0.1, -0.05) is 56.7 Å². The molecule has 2 aromatic carbocycles. The number of rotatable bonds is 12. The van der Waals surface area contributed by atoms with Gasteiger partial charge in [-0.05, 0) is 68.1 Å². The predicted octanol–water partition coefficient (Wildman–Crippen LogP) is 5.53. The first kappa shape index (κ1) is 33.5. The van der Waals surface area contributed by atoms with Crippen molar-refractivity contribution in [2.24, 2.45) is 5.92 Å². The van der Waals surface area contributed by atoms with E-state index in [9.17, 15) is 23.1 Å². The Morgan fingerprint density at radius 1 is 0.952 bits per heavy atom. The maximum Gasteiger partial charge on any atom is 0.320 e. The molecule has 0 aliphatic heterocycles. The zero-order chi connectivity index (χ0) is 31.5. The lowest BCUT2D eigenvalue weighted by atomic mass is 9.97. The fraction of sp³-hybridized carbons (Fsp3) is 0.484. The molecule has 0 spiro atoms. The zero-order valence-corrected chi connectivity index (χ0v) is 27.6. The molecule has 0 aliphatic carbocycles. The maximum absolute atomic E-state index is 14.2. The van der Waals surface area contributed by atoms with E-state index in [1.165, 1.54) is 18.2 Å². The summed E-state index contributed by atoms with van der Waals surface area (Å²) in [4.78, 5) is 24.7. The molecule has 0 bridgehead atoms. The summed E-state index contributed by atoms with van der Waals surface area (Å²) in [5.41, 5.74) is 2.16. The highest BCUT2D eigenvalue weighted by Crippen LogP contribution is 2.39. The van der Waals surface area contributed by atoms with Gasteiger partial charge in [-0.15, -0.1) is 0 Å². The molecule has 0 radical (unpaired) electrons. The van der Waals surface area contributed by atoms with E-state index in [1.807, 2.05) is 19.1 Å². The second-order valence-electron chi connectivity index (χ2n) is 12.0. The molecule has 1 aromatic heterocycles. The fourth-order valence-electron chi connectivity index (χ4n) is 4.67. The van der Waals surface area contributed by atoms with Crippen molar-refractivity contribution in [3.63, 3.8) is 0 Å². The van der Waals surface area contributed by atoms with Crippen molar-refractivity contribution in [3.05, 3.63) is 65.4 Å². The van der Waals surface area contributed by atoms with Crippen molar-refractivity contribution in [1.82, 2.24) is 3.97 Å². The number of methoxy groups -OCH3 is 2. The summed E-state index contributed by atoms with van der Waals surface area (Å²) < 4.78 is 45.6. The second-order valence-corrected chi connectivity index (χ2v) is 18.6. The van der Waals surface area contributed by atoms with Crippen molar-refractivity contribution in [2.45, 2.75) is 76.1 Å². The van der Waals surface area contributed by atoms with Crippen LogP contribution in [0.15, 0.2) is 53.4 Å². The molecule has 0 fully saturated rings. The van der Waals surface area contributed by atoms with Crippen LogP contribution < -0.4 is 0 Å². The molecule has 3 rings (SSSR count). The van der Waals surface area contributed by atoms with Crippen molar-refractivity contribution in [3.8, 4) is 0 Å². The first-order chi connectivity index (χ1) is 19.6. The number of carbonyl (C=O) groups excluding carboxylic acids is 2. The third kappa shape index (κ3) is 6.96. The van der Waals surface area contributed by atoms with Crippen LogP contribution in [0.2, 0.25) is 18.1 Å². The number of benzene rings is 2. The third-order valence-electron chi connectivity index (χ3n) is 8.17. The molecule has 0 amide bonds. The van der Waals surface area contributed by atoms with E-state index < -0.39 is 42.3 Å². The lowest BCUT2D eigenvalue weighted by molar-refractivity contribution is -0.159. The highest BCUT2D eigenvalue weighted by atomic mass is 32.2. The standard InChI is InChI=1S/C31H43NO8SSi/c1-21-13-15-22(16-14-21)41(36,37)32-26-12-10-9-11-23(26)24(19-20-40-42(7,8)31(2,3)4)28(32)27(33)18-17-25(29(34)38-5)30(35)39-6/h9-16,25,27,33H,17-20H2,1-8H3. The Morgan fingerprint density at radius 2 is 1.52 bits per heavy atom. The van der Waals surface area contributed by atoms with Crippen LogP contribution in [0, 0.1) is 12.8 Å². The Balaban J connectivity index is 2.17. The van der Waals surface area contributed by atoms with E-state index in [-0.39, 0.29) is 28.5 Å². The van der Waals surface area contributed by atoms with E-state index in [2.05, 4.69) is 33.9 Å². The zero-order valence-electron chi connectivity index (χ0n) is 25.8. The number of aryl methyl sites for hydroxylation is 1. The maximum atomic E-state index is 14.2. The Hall–Kier alpha value is -2.99. The highest BCUT2D eigenvalue weighted by molar-refractivity contribution is 7.90. The lowest BCUT2D eigenvalue weighted by Crippen LogP contribution is -2.41. The number of esters is 2. The van der Waals surface area contributed by atoms with E-state index in [0.29, 0.717) is 29.5 Å². The highest BCUT2D eigenvalue weighted by Gasteiger charge is 2.38. The molecule has 11 heteroatoms. The first-order valence-electron chi connectivity index (χ1n) is 14.0. The summed E-state index contributed by atoms with van der Waals surface area (Å²) in [7, 11) is -3.93. The van der Waals surface area contributed by atoms with Crippen LogP contribution in [0.25, 0.3) is 10.9 Å². The number of nitrogens with zero attached hydrogens (tertiary/aromatic N) is 1. The van der Waals surface area contributed by atoms with Crippen LogP contribution in [-0.2, 0) is 39.9 Å². The van der Waals surface area contributed by atoms with Gasteiger partial charge >= 0.3 is 11.9 Å². The average Bonchev–Trinajstić information content (AvgIpc) is 3.27. The van der Waals surface area contributed by atoms with Gasteiger partial charge in [0, 0.05) is 12.0 Å². The van der Waals surface area contributed by atoms with Gasteiger partial charge in [-0.2, -0.15) is 0 Å². The quantitative estimate of drug-likeness (QED) is 0.160. The molecule has 0 saturated heterocycles. The van der Waals surface area contributed by atoms with Gasteiger partial charge in [-0.25, -0.2) is 12.4 Å². The van der Waals surface area contributed by atoms with Crippen molar-refractivity contribution in [2.75, 3.05) is 20.8 Å². The number of para-hydroxylation sites is 1. The van der Waals surface area contributed by atoms with Crippen LogP contribution in [0.4, 0.5) is 0 Å². The van der Waals surface area contributed by atoms with Crippen molar-refractivity contribution < 1.29 is 37.0 Å². The number of aliphatic hydroxyl groups is 1. The Bertz CT molecular complexity index is 1500. The van der Waals surface area contributed by atoms with E-state index >= 15 is 0 Å². The van der Waals surface area contributed by atoms with E-state index in [4.69, 9.17) is 13.9 Å². The Kier molecular flexibility index (Phi) is 10.5. The summed E-state index contributed by atoms with van der Waals surface area (Å²) in [5, 5.41) is 12.3. The summed E-state index contributed by atoms with van der Waals surface area (Å²) >= 11 is 0. The molecule has 230 valence electrons. The van der Waals surface area contributed by atoms with Gasteiger partial charge in [0.15, 0.2) is 14.2 Å². The molecule has 1 atom stereocenters. The Morgan fingerprint density at radius 3 is 2.07 bits per heavy atom. The predicted molar refractivity (Wildman–Crippen MR) is 164 cm³/mol. The number of hydrogen-bond acceptors (Lipinski definition) is 8. The fourth-order valence-corrected chi connectivity index (χ4v) is 7.32. The SMILES string of the molecule is COC(=O)C(CCC(O)c1c(CCO[Si](C)(C)C(C)(C)C)c2ccccc2n1S(=O)(=O)c1ccc(C)cc1)C(=O)OC. The van der Waals surface area contributed by atoms with Crippen molar-refractivity contribution >= 4 is 41.2 Å². The normalized spacial score (nSPS) is 13.4. The van der Waals surface area contributed by atoms with Gasteiger partial charge in [-0.3, -0.25) is 9.59 Å². The number of aromatic nitrogens is 1. The number of ether oxygens (including phenoxy) is 2. The van der Waals surface area contributed by atoms with Crippen LogP contribution in [0.1, 0.15) is 56.5 Å². The largest absolute Gasteiger partial charge is 0.468 e. The average molecular weight is 618 g/mol. The summed E-state index contributed by atoms with van der Waals surface area (Å²) in [6, 6.07) is 13.6. The monoisotopic (exact) mass is 617 g/mol. The number of fused-ring (bicyclic) bond motifs is 1. The molecule has 0 saturated carbocycles. The van der Waals surface area contributed by atoms with Gasteiger partial charge in [0.2, 0.25) is 0 Å². The smallest absolute Gasteiger partial charge is 0.320 e. The molecule has 42 heavy (non-hydrogen) atoms. The number of carbonyl (C=O) groups is 2. The van der Waals surface area contributed by atoms with Crippen LogP contribution >= 0.6 is 0 Å². The molecule has 1 unspecified atom stereocenters. The topological polar surface area (TPSA) is 121 Å². The van der Waals surface area contributed by atoms with Crippen LogP contribution in [0.5, 0.6) is 0 Å². The van der Waals surface area contributed by atoms with Gasteiger partial charge < -0.3 is 19.0 Å². The molecule has 9 nitrogen and oxygen atoms in total.